The molecule has 1 aliphatic rings. The maximum absolute atomic E-state index is 12.1. The van der Waals surface area contributed by atoms with Crippen molar-refractivity contribution >= 4 is 33.2 Å². The smallest absolute Gasteiger partial charge is 0.414 e. The predicted octanol–water partition coefficient (Wildman–Crippen LogP) is 1.46. The molecule has 6 nitrogen and oxygen atoms in total. The Morgan fingerprint density at radius 2 is 2.00 bits per heavy atom. The molecule has 1 aromatic carbocycles. The highest BCUT2D eigenvalue weighted by Gasteiger charge is 2.43. The van der Waals surface area contributed by atoms with Crippen molar-refractivity contribution in [3.05, 3.63) is 29.3 Å². The second-order valence-electron chi connectivity index (χ2n) is 4.76. The number of ether oxygens (including phenoxy) is 1. The van der Waals surface area contributed by atoms with Gasteiger partial charge in [0.15, 0.2) is 9.84 Å². The number of aliphatic hydroxyl groups is 1. The Morgan fingerprint density at radius 1 is 1.38 bits per heavy atom. The Labute approximate surface area is 128 Å². The normalized spacial score (nSPS) is 23.8. The lowest BCUT2D eigenvalue weighted by Crippen LogP contribution is -2.47. The molecule has 8 heteroatoms. The zero-order chi connectivity index (χ0) is 15.6. The van der Waals surface area contributed by atoms with Crippen LogP contribution in [0.2, 0.25) is 5.02 Å². The summed E-state index contributed by atoms with van der Waals surface area (Å²) in [4.78, 5) is 13.3. The van der Waals surface area contributed by atoms with Crippen molar-refractivity contribution in [3.63, 3.8) is 0 Å². The summed E-state index contributed by atoms with van der Waals surface area (Å²) in [6, 6.07) is 5.46. The number of nitrogens with zero attached hydrogens (tertiary/aromatic N) is 1. The molecule has 1 fully saturated rings. The minimum atomic E-state index is -3.38. The highest BCUT2D eigenvalue weighted by atomic mass is 35.5. The molecule has 2 rings (SSSR count). The molecule has 1 amide bonds. The van der Waals surface area contributed by atoms with Gasteiger partial charge in [0.1, 0.15) is 0 Å². The van der Waals surface area contributed by atoms with E-state index in [9.17, 15) is 18.3 Å². The van der Waals surface area contributed by atoms with E-state index in [1.54, 1.807) is 31.2 Å². The van der Waals surface area contributed by atoms with Gasteiger partial charge in [-0.25, -0.2) is 13.2 Å². The molecule has 0 radical (unpaired) electrons. The van der Waals surface area contributed by atoms with Crippen molar-refractivity contribution < 1.29 is 23.1 Å². The Balaban J connectivity index is 2.37. The Kier molecular flexibility index (Phi) is 4.75. The SMILES string of the molecule is CCOC(=O)N(c1ccc(Cl)cc1)C1CS(=O)(=O)CC1O. The first-order valence-corrected chi connectivity index (χ1v) is 8.64. The second-order valence-corrected chi connectivity index (χ2v) is 7.35. The number of rotatable bonds is 3. The van der Waals surface area contributed by atoms with Crippen molar-refractivity contribution in [2.45, 2.75) is 19.1 Å². The van der Waals surface area contributed by atoms with Crippen LogP contribution in [-0.2, 0) is 14.6 Å². The van der Waals surface area contributed by atoms with E-state index in [2.05, 4.69) is 0 Å². The monoisotopic (exact) mass is 333 g/mol. The molecule has 0 aliphatic carbocycles. The zero-order valence-corrected chi connectivity index (χ0v) is 13.0. The summed E-state index contributed by atoms with van der Waals surface area (Å²) in [6.07, 6.45) is -1.84. The summed E-state index contributed by atoms with van der Waals surface area (Å²) >= 11 is 5.81. The highest BCUT2D eigenvalue weighted by Crippen LogP contribution is 2.27. The lowest BCUT2D eigenvalue weighted by atomic mass is 10.1. The topological polar surface area (TPSA) is 83.9 Å². The molecule has 1 aromatic rings. The van der Waals surface area contributed by atoms with E-state index < -0.39 is 28.1 Å². The Bertz CT molecular complexity index is 616. The molecule has 1 N–H and O–H groups in total. The fourth-order valence-corrected chi connectivity index (χ4v) is 4.18. The largest absolute Gasteiger partial charge is 0.449 e. The number of aliphatic hydroxyl groups excluding tert-OH is 1. The van der Waals surface area contributed by atoms with Gasteiger partial charge in [-0.3, -0.25) is 4.90 Å². The first-order valence-electron chi connectivity index (χ1n) is 6.44. The van der Waals surface area contributed by atoms with Crippen LogP contribution in [0.5, 0.6) is 0 Å². The van der Waals surface area contributed by atoms with Crippen LogP contribution < -0.4 is 4.90 Å². The van der Waals surface area contributed by atoms with E-state index in [-0.39, 0.29) is 18.1 Å². The van der Waals surface area contributed by atoms with Gasteiger partial charge in [-0.2, -0.15) is 0 Å². The summed E-state index contributed by atoms with van der Waals surface area (Å²) in [5.41, 5.74) is 0.430. The van der Waals surface area contributed by atoms with Crippen LogP contribution in [0.3, 0.4) is 0 Å². The Hall–Kier alpha value is -1.31. The summed E-state index contributed by atoms with van der Waals surface area (Å²) < 4.78 is 28.3. The van der Waals surface area contributed by atoms with E-state index in [0.717, 1.165) is 0 Å². The lowest BCUT2D eigenvalue weighted by molar-refractivity contribution is 0.141. The van der Waals surface area contributed by atoms with Crippen molar-refractivity contribution in [1.82, 2.24) is 0 Å². The van der Waals surface area contributed by atoms with Crippen LogP contribution in [0.25, 0.3) is 0 Å². The third-order valence-corrected chi connectivity index (χ3v) is 5.15. The van der Waals surface area contributed by atoms with Crippen molar-refractivity contribution in [2.24, 2.45) is 0 Å². The van der Waals surface area contributed by atoms with Crippen LogP contribution in [0.1, 0.15) is 6.92 Å². The third-order valence-electron chi connectivity index (χ3n) is 3.19. The number of anilines is 1. The lowest BCUT2D eigenvalue weighted by Gasteiger charge is -2.29. The van der Waals surface area contributed by atoms with Gasteiger partial charge in [0.05, 0.1) is 30.3 Å². The molecule has 0 spiro atoms. The average molecular weight is 334 g/mol. The van der Waals surface area contributed by atoms with E-state index in [0.29, 0.717) is 10.7 Å². The van der Waals surface area contributed by atoms with Crippen molar-refractivity contribution in [3.8, 4) is 0 Å². The van der Waals surface area contributed by atoms with Crippen LogP contribution >= 0.6 is 11.6 Å². The van der Waals surface area contributed by atoms with E-state index >= 15 is 0 Å². The molecule has 2 atom stereocenters. The molecular formula is C13H16ClNO5S. The molecule has 1 saturated heterocycles. The van der Waals surface area contributed by atoms with Crippen LogP contribution in [0.4, 0.5) is 10.5 Å². The first kappa shape index (κ1) is 16.1. The summed E-state index contributed by atoms with van der Waals surface area (Å²) in [6.45, 7) is 1.80. The number of carbonyl (C=O) groups excluding carboxylic acids is 1. The van der Waals surface area contributed by atoms with Crippen LogP contribution in [-0.4, -0.2) is 49.9 Å². The maximum atomic E-state index is 12.1. The first-order chi connectivity index (χ1) is 9.84. The summed E-state index contributed by atoms with van der Waals surface area (Å²) in [5.74, 6) is -0.656. The molecule has 0 bridgehead atoms. The van der Waals surface area contributed by atoms with Gasteiger partial charge in [0, 0.05) is 10.7 Å². The Morgan fingerprint density at radius 3 is 2.48 bits per heavy atom. The number of hydrogen-bond donors (Lipinski definition) is 1. The molecule has 1 heterocycles. The molecular weight excluding hydrogens is 318 g/mol. The molecule has 116 valence electrons. The van der Waals surface area contributed by atoms with Crippen molar-refractivity contribution in [2.75, 3.05) is 23.0 Å². The number of amides is 1. The number of hydrogen-bond acceptors (Lipinski definition) is 5. The molecule has 21 heavy (non-hydrogen) atoms. The van der Waals surface area contributed by atoms with Crippen LogP contribution in [0, 0.1) is 0 Å². The number of halogens is 1. The third kappa shape index (κ3) is 3.66. The second kappa shape index (κ2) is 6.21. The van der Waals surface area contributed by atoms with E-state index in [1.807, 2.05) is 0 Å². The molecule has 1 aliphatic heterocycles. The molecule has 2 unspecified atom stereocenters. The van der Waals surface area contributed by atoms with Gasteiger partial charge in [0.2, 0.25) is 0 Å². The highest BCUT2D eigenvalue weighted by molar-refractivity contribution is 7.91. The van der Waals surface area contributed by atoms with Gasteiger partial charge in [-0.15, -0.1) is 0 Å². The maximum Gasteiger partial charge on any atom is 0.414 e. The predicted molar refractivity (Wildman–Crippen MR) is 79.4 cm³/mol. The molecule has 0 aromatic heterocycles. The average Bonchev–Trinajstić information content (AvgIpc) is 2.66. The quantitative estimate of drug-likeness (QED) is 0.905. The minimum Gasteiger partial charge on any atom is -0.449 e. The zero-order valence-electron chi connectivity index (χ0n) is 11.4. The summed E-state index contributed by atoms with van der Waals surface area (Å²) in [5, 5.41) is 10.5. The van der Waals surface area contributed by atoms with Gasteiger partial charge in [-0.05, 0) is 31.2 Å². The van der Waals surface area contributed by atoms with E-state index in [4.69, 9.17) is 16.3 Å². The van der Waals surface area contributed by atoms with Gasteiger partial charge < -0.3 is 9.84 Å². The van der Waals surface area contributed by atoms with Gasteiger partial charge >= 0.3 is 6.09 Å². The van der Waals surface area contributed by atoms with Gasteiger partial charge in [-0.1, -0.05) is 11.6 Å². The number of benzene rings is 1. The van der Waals surface area contributed by atoms with Crippen LogP contribution in [0.15, 0.2) is 24.3 Å². The fourth-order valence-electron chi connectivity index (χ4n) is 2.28. The standard InChI is InChI=1S/C13H16ClNO5S/c1-2-20-13(17)15(10-5-3-9(14)4-6-10)11-7-21(18,19)8-12(11)16/h3-6,11-12,16H,2,7-8H2,1H3. The fraction of sp³-hybridized carbons (Fsp3) is 0.462. The summed E-state index contributed by atoms with van der Waals surface area (Å²) in [7, 11) is -3.38. The number of sulfone groups is 1. The minimum absolute atomic E-state index is 0.151. The van der Waals surface area contributed by atoms with Crippen molar-refractivity contribution in [1.29, 1.82) is 0 Å². The molecule has 0 saturated carbocycles. The van der Waals surface area contributed by atoms with E-state index in [1.165, 1.54) is 4.90 Å². The van der Waals surface area contributed by atoms with Gasteiger partial charge in [0.25, 0.3) is 0 Å². The number of carbonyl (C=O) groups is 1.